The van der Waals surface area contributed by atoms with Crippen LogP contribution in [0, 0.1) is 6.92 Å². The summed E-state index contributed by atoms with van der Waals surface area (Å²) in [5, 5.41) is 56.1. The molecule has 5 rings (SSSR count). The van der Waals surface area contributed by atoms with E-state index in [9.17, 15) is 57.9 Å². The van der Waals surface area contributed by atoms with Crippen LogP contribution in [0.4, 0.5) is 5.13 Å². The molecule has 1 aliphatic heterocycles. The lowest BCUT2D eigenvalue weighted by molar-refractivity contribution is -0.114. The fraction of sp³-hybridized carbons (Fsp3) is 0.235. The predicted octanol–water partition coefficient (Wildman–Crippen LogP) is 2.97. The van der Waals surface area contributed by atoms with E-state index < -0.39 is 97.8 Å². The minimum atomic E-state index is -4.27. The zero-order valence-corrected chi connectivity index (χ0v) is 29.5. The van der Waals surface area contributed by atoms with Gasteiger partial charge in [0.15, 0.2) is 9.34 Å². The molecule has 1 aliphatic rings. The number of carbonyl (C=O) groups excluding carboxylic acids is 4. The number of amides is 2. The normalized spacial score (nSPS) is 16.3. The smallest absolute Gasteiger partial charge is 0.338 e. The third-order valence-corrected chi connectivity index (χ3v) is 11.6. The molecule has 2 atom stereocenters. The molecule has 0 bridgehead atoms. The number of phenolic OH excluding ortho intramolecular Hbond substituents is 4. The van der Waals surface area contributed by atoms with Crippen LogP contribution in [0.3, 0.4) is 0 Å². The second-order valence-electron chi connectivity index (χ2n) is 11.9. The van der Waals surface area contributed by atoms with Crippen LogP contribution in [0.1, 0.15) is 72.5 Å². The number of phenols is 4. The van der Waals surface area contributed by atoms with E-state index in [0.29, 0.717) is 0 Å². The van der Waals surface area contributed by atoms with Crippen molar-refractivity contribution in [1.29, 1.82) is 0 Å². The summed E-state index contributed by atoms with van der Waals surface area (Å²) in [6.45, 7) is 2.23. The Balaban J connectivity index is 1.45. The molecule has 0 spiro atoms. The highest BCUT2D eigenvalue weighted by atomic mass is 32.2. The second-order valence-corrected chi connectivity index (χ2v) is 15.0. The van der Waals surface area contributed by atoms with Crippen molar-refractivity contribution in [3.05, 3.63) is 88.1 Å². The van der Waals surface area contributed by atoms with E-state index in [-0.39, 0.29) is 45.7 Å². The van der Waals surface area contributed by atoms with Crippen molar-refractivity contribution >= 4 is 56.0 Å². The van der Waals surface area contributed by atoms with Gasteiger partial charge in [0.25, 0.3) is 15.9 Å². The number of rotatable bonds is 10. The highest BCUT2D eigenvalue weighted by Gasteiger charge is 2.38. The van der Waals surface area contributed by atoms with Crippen molar-refractivity contribution in [1.82, 2.24) is 14.6 Å². The van der Waals surface area contributed by atoms with Gasteiger partial charge >= 0.3 is 11.9 Å². The summed E-state index contributed by atoms with van der Waals surface area (Å²) < 4.78 is 34.5. The fourth-order valence-corrected chi connectivity index (χ4v) is 8.75. The Labute approximate surface area is 305 Å². The number of ether oxygens (including phenoxy) is 1. The number of sulfonamides is 1. The summed E-state index contributed by atoms with van der Waals surface area (Å²) in [6, 6.07) is 8.83. The molecule has 1 fully saturated rings. The van der Waals surface area contributed by atoms with Crippen molar-refractivity contribution in [3.8, 4) is 23.0 Å². The number of aromatic nitrogens is 1. The summed E-state index contributed by atoms with van der Waals surface area (Å²) >= 11 is 0.741. The van der Waals surface area contributed by atoms with Crippen molar-refractivity contribution in [2.24, 2.45) is 0 Å². The Morgan fingerprint density at radius 3 is 2.21 bits per heavy atom. The zero-order chi connectivity index (χ0) is 38.8. The Hall–Kier alpha value is -6.05. The van der Waals surface area contributed by atoms with Crippen molar-refractivity contribution in [2.75, 3.05) is 18.4 Å². The van der Waals surface area contributed by atoms with Gasteiger partial charge < -0.3 is 40.9 Å². The van der Waals surface area contributed by atoms with Gasteiger partial charge in [0.1, 0.15) is 34.7 Å². The van der Waals surface area contributed by atoms with Gasteiger partial charge in [-0.25, -0.2) is 23.0 Å². The Morgan fingerprint density at radius 1 is 0.925 bits per heavy atom. The van der Waals surface area contributed by atoms with E-state index in [1.807, 2.05) is 0 Å². The van der Waals surface area contributed by atoms with E-state index in [1.165, 1.54) is 44.2 Å². The van der Waals surface area contributed by atoms with Crippen LogP contribution in [-0.2, 0) is 19.6 Å². The number of thiazole rings is 1. The molecule has 2 heterocycles. The van der Waals surface area contributed by atoms with Crippen LogP contribution in [0.5, 0.6) is 23.0 Å². The largest absolute Gasteiger partial charge is 0.508 e. The molecular formula is C34H32N4O13S2. The third-order valence-electron chi connectivity index (χ3n) is 8.12. The number of hydrogen-bond acceptors (Lipinski definition) is 14. The maximum Gasteiger partial charge on any atom is 0.338 e. The maximum absolute atomic E-state index is 13.9. The minimum absolute atomic E-state index is 0.0247. The molecule has 278 valence electrons. The average Bonchev–Trinajstić information content (AvgIpc) is 3.33. The molecule has 1 saturated heterocycles. The standard InChI is InChI=1S/C34H32N4O13S2/c1-16-33(52-34(35-16)36-17(2)39)53(49,50)38-12-4-7-26(22(15-38)37-30(45)18-8-10-20(40)11-9-18)51-32(48)19-13-24(42)28(25(43)14-19)29(44)27-21(31(46)47)5-3-6-23(27)41/h3,5-6,8-11,13-14,22,26,40-43H,4,7,12,15H2,1-2H3,(H,37,45)(H,46,47)(H,35,36,39)/t22-,26-/m0/s1. The number of ketones is 1. The summed E-state index contributed by atoms with van der Waals surface area (Å²) in [5.41, 5.74) is -2.38. The molecule has 0 unspecified atom stereocenters. The molecule has 1 aromatic heterocycles. The first kappa shape index (κ1) is 38.2. The van der Waals surface area contributed by atoms with Gasteiger partial charge in [-0.3, -0.25) is 14.4 Å². The van der Waals surface area contributed by atoms with E-state index in [2.05, 4.69) is 15.6 Å². The zero-order valence-electron chi connectivity index (χ0n) is 27.9. The van der Waals surface area contributed by atoms with E-state index in [4.69, 9.17) is 4.74 Å². The molecule has 4 aromatic rings. The first-order valence-electron chi connectivity index (χ1n) is 15.7. The lowest BCUT2D eigenvalue weighted by atomic mass is 9.95. The predicted molar refractivity (Wildman–Crippen MR) is 186 cm³/mol. The number of carbonyl (C=O) groups is 5. The van der Waals surface area contributed by atoms with Crippen LogP contribution >= 0.6 is 11.3 Å². The number of nitrogens with zero attached hydrogens (tertiary/aromatic N) is 2. The second kappa shape index (κ2) is 15.3. The summed E-state index contributed by atoms with van der Waals surface area (Å²) in [4.78, 5) is 67.4. The number of nitrogens with one attached hydrogen (secondary N) is 2. The number of benzene rings is 3. The Bertz CT molecular complexity index is 2210. The number of carboxylic acid groups (broad SMARTS) is 1. The topological polar surface area (TPSA) is 270 Å². The lowest BCUT2D eigenvalue weighted by Gasteiger charge is -2.29. The summed E-state index contributed by atoms with van der Waals surface area (Å²) in [7, 11) is -4.27. The molecule has 0 saturated carbocycles. The quantitative estimate of drug-likeness (QED) is 0.0903. The van der Waals surface area contributed by atoms with E-state index >= 15 is 0 Å². The lowest BCUT2D eigenvalue weighted by Crippen LogP contribution is -2.51. The van der Waals surface area contributed by atoms with Crippen molar-refractivity contribution in [2.45, 2.75) is 43.0 Å². The highest BCUT2D eigenvalue weighted by Crippen LogP contribution is 2.36. The van der Waals surface area contributed by atoms with Crippen LogP contribution < -0.4 is 10.6 Å². The number of esters is 1. The molecule has 2 amide bonds. The van der Waals surface area contributed by atoms with E-state index in [0.717, 1.165) is 39.9 Å². The van der Waals surface area contributed by atoms with Crippen LogP contribution in [0.25, 0.3) is 0 Å². The molecule has 53 heavy (non-hydrogen) atoms. The van der Waals surface area contributed by atoms with Crippen LogP contribution in [0.15, 0.2) is 58.8 Å². The van der Waals surface area contributed by atoms with Crippen LogP contribution in [-0.4, -0.2) is 98.0 Å². The number of hydrogen-bond donors (Lipinski definition) is 7. The van der Waals surface area contributed by atoms with Gasteiger partial charge in [-0.1, -0.05) is 17.4 Å². The molecule has 0 aliphatic carbocycles. The maximum atomic E-state index is 13.9. The monoisotopic (exact) mass is 768 g/mol. The van der Waals surface area contributed by atoms with Crippen LogP contribution in [0.2, 0.25) is 0 Å². The van der Waals surface area contributed by atoms with Gasteiger partial charge in [-0.15, -0.1) is 0 Å². The number of carboxylic acids is 1. The molecule has 0 radical (unpaired) electrons. The third kappa shape index (κ3) is 8.21. The molecule has 19 heteroatoms. The number of aromatic carboxylic acids is 1. The molecular weight excluding hydrogens is 737 g/mol. The van der Waals surface area contributed by atoms with E-state index in [1.54, 1.807) is 0 Å². The van der Waals surface area contributed by atoms with Gasteiger partial charge in [-0.2, -0.15) is 4.31 Å². The average molecular weight is 769 g/mol. The number of aryl methyl sites for hydroxylation is 1. The highest BCUT2D eigenvalue weighted by molar-refractivity contribution is 7.91. The van der Waals surface area contributed by atoms with Gasteiger partial charge in [0.05, 0.1) is 28.4 Å². The molecule has 17 nitrogen and oxygen atoms in total. The summed E-state index contributed by atoms with van der Waals surface area (Å²) in [5.74, 6) is -7.86. The molecule has 3 aromatic carbocycles. The molecule has 7 N–H and O–H groups in total. The number of aromatic hydroxyl groups is 4. The van der Waals surface area contributed by atoms with Crippen molar-refractivity contribution < 1.29 is 62.7 Å². The Morgan fingerprint density at radius 2 is 1.58 bits per heavy atom. The SMILES string of the molecule is CC(=O)Nc1nc(C)c(S(=O)(=O)N2CCC[C@H](OC(=O)c3cc(O)c(C(=O)c4c(O)cccc4C(=O)O)c(O)c3)[C@@H](NC(=O)c3ccc(O)cc3)C2)s1. The fourth-order valence-electron chi connectivity index (χ4n) is 5.65. The van der Waals surface area contributed by atoms with Gasteiger partial charge in [0.2, 0.25) is 11.7 Å². The number of anilines is 1. The first-order valence-corrected chi connectivity index (χ1v) is 18.0. The minimum Gasteiger partial charge on any atom is -0.508 e. The van der Waals surface area contributed by atoms with Gasteiger partial charge in [0, 0.05) is 25.6 Å². The first-order chi connectivity index (χ1) is 25.0. The van der Waals surface area contributed by atoms with Gasteiger partial charge in [-0.05, 0) is 68.3 Å². The van der Waals surface area contributed by atoms with Crippen molar-refractivity contribution in [3.63, 3.8) is 0 Å². The Kier molecular flexibility index (Phi) is 11.0. The summed E-state index contributed by atoms with van der Waals surface area (Å²) in [6.07, 6.45) is -1.03.